The Balaban J connectivity index is 1.16. The van der Waals surface area contributed by atoms with Gasteiger partial charge in [-0.15, -0.1) is 11.3 Å². The van der Waals surface area contributed by atoms with Crippen molar-refractivity contribution in [3.05, 3.63) is 235 Å². The summed E-state index contributed by atoms with van der Waals surface area (Å²) in [5.41, 5.74) is 19.6. The van der Waals surface area contributed by atoms with Crippen molar-refractivity contribution < 1.29 is 0 Å². The predicted octanol–water partition coefficient (Wildman–Crippen LogP) is 15.9. The number of fused-ring (bicyclic) bond motifs is 12. The van der Waals surface area contributed by atoms with E-state index in [0.29, 0.717) is 0 Å². The molecule has 2 aliphatic rings. The SMILES string of the molecule is CCCCc1ccc(C2c3cc(N(c4ccccc4)c4ccccc4)ccc3B3c4c(cc5sc6ccccc6c5c42)-c2cccc4c5cc6ccccc6cc5n3c24)c(-c2ccccc2)c1. The average molecular weight is 873 g/mol. The monoisotopic (exact) mass is 872 g/mol. The highest BCUT2D eigenvalue weighted by atomic mass is 32.1. The molecule has 0 saturated heterocycles. The van der Waals surface area contributed by atoms with Crippen LogP contribution in [0.25, 0.3) is 75.0 Å². The van der Waals surface area contributed by atoms with Gasteiger partial charge in [0.15, 0.2) is 0 Å². The molecule has 1 atom stereocenters. The van der Waals surface area contributed by atoms with Gasteiger partial charge in [0, 0.05) is 70.5 Å². The van der Waals surface area contributed by atoms with Crippen molar-refractivity contribution in [2.24, 2.45) is 0 Å². The molecule has 0 spiro atoms. The number of unbranched alkanes of at least 4 members (excludes halogenated alkanes) is 1. The van der Waals surface area contributed by atoms with Crippen molar-refractivity contribution in [2.75, 3.05) is 4.90 Å². The fourth-order valence-corrected chi connectivity index (χ4v) is 13.1. The molecule has 67 heavy (non-hydrogen) atoms. The Kier molecular flexibility index (Phi) is 8.76. The molecule has 0 radical (unpaired) electrons. The van der Waals surface area contributed by atoms with E-state index in [1.807, 2.05) is 11.3 Å². The fourth-order valence-electron chi connectivity index (χ4n) is 12.0. The van der Waals surface area contributed by atoms with Crippen molar-refractivity contribution in [1.82, 2.24) is 4.48 Å². The number of hydrogen-bond donors (Lipinski definition) is 0. The van der Waals surface area contributed by atoms with Crippen molar-refractivity contribution in [3.63, 3.8) is 0 Å². The average Bonchev–Trinajstić information content (AvgIpc) is 3.92. The third-order valence-corrected chi connectivity index (χ3v) is 16.0. The zero-order chi connectivity index (χ0) is 44.2. The Hall–Kier alpha value is -7.66. The smallest absolute Gasteiger partial charge is 0.329 e. The molecule has 0 aliphatic carbocycles. The van der Waals surface area contributed by atoms with Gasteiger partial charge in [-0.25, -0.2) is 0 Å². The van der Waals surface area contributed by atoms with Crippen LogP contribution < -0.4 is 15.8 Å². The van der Waals surface area contributed by atoms with Gasteiger partial charge in [-0.05, 0) is 134 Å². The maximum Gasteiger partial charge on any atom is 0.329 e. The second-order valence-corrected chi connectivity index (χ2v) is 19.6. The molecule has 0 amide bonds. The second-order valence-electron chi connectivity index (χ2n) is 18.6. The molecule has 2 aromatic heterocycles. The molecule has 4 heteroatoms. The number of rotatable bonds is 8. The number of aryl methyl sites for hydroxylation is 1. The zero-order valence-electron chi connectivity index (χ0n) is 37.3. The summed E-state index contributed by atoms with van der Waals surface area (Å²) < 4.78 is 5.42. The van der Waals surface area contributed by atoms with Gasteiger partial charge in [0.1, 0.15) is 0 Å². The summed E-state index contributed by atoms with van der Waals surface area (Å²) in [5, 5.41) is 7.89. The number of benzene rings is 10. The summed E-state index contributed by atoms with van der Waals surface area (Å²) in [5.74, 6) is -0.0751. The van der Waals surface area contributed by atoms with E-state index in [1.165, 1.54) is 121 Å². The van der Waals surface area contributed by atoms with Crippen molar-refractivity contribution in [1.29, 1.82) is 0 Å². The number of para-hydroxylation sites is 3. The summed E-state index contributed by atoms with van der Waals surface area (Å²) in [6, 6.07) is 80.4. The lowest BCUT2D eigenvalue weighted by Crippen LogP contribution is -2.57. The first-order chi connectivity index (χ1) is 33.2. The van der Waals surface area contributed by atoms with Crippen LogP contribution in [0.5, 0.6) is 0 Å². The number of anilines is 3. The summed E-state index contributed by atoms with van der Waals surface area (Å²) in [7, 11) is 0. The van der Waals surface area contributed by atoms with Crippen molar-refractivity contribution in [2.45, 2.75) is 32.1 Å². The highest BCUT2D eigenvalue weighted by Crippen LogP contribution is 2.51. The molecule has 0 fully saturated rings. The molecular weight excluding hydrogens is 828 g/mol. The van der Waals surface area contributed by atoms with E-state index in [0.717, 1.165) is 23.5 Å². The second kappa shape index (κ2) is 15.2. The Morgan fingerprint density at radius 2 is 1.22 bits per heavy atom. The molecule has 12 aromatic rings. The van der Waals surface area contributed by atoms with Crippen molar-refractivity contribution in [3.8, 4) is 22.3 Å². The van der Waals surface area contributed by atoms with E-state index < -0.39 is 0 Å². The molecule has 1 unspecified atom stereocenters. The van der Waals surface area contributed by atoms with Crippen LogP contribution in [0.3, 0.4) is 0 Å². The van der Waals surface area contributed by atoms with Crippen LogP contribution in [0.2, 0.25) is 0 Å². The highest BCUT2D eigenvalue weighted by molar-refractivity contribution is 7.26. The van der Waals surface area contributed by atoms with Crippen LogP contribution >= 0.6 is 11.3 Å². The first-order valence-corrected chi connectivity index (χ1v) is 24.7. The van der Waals surface area contributed by atoms with Gasteiger partial charge in [-0.3, -0.25) is 0 Å². The minimum atomic E-state index is -0.0751. The molecule has 0 N–H and O–H groups in total. The summed E-state index contributed by atoms with van der Waals surface area (Å²) in [6.45, 7) is 2.24. The lowest BCUT2D eigenvalue weighted by molar-refractivity contribution is 0.794. The first kappa shape index (κ1) is 38.6. The number of thiophene rings is 1. The normalized spacial score (nSPS) is 13.7. The quantitative estimate of drug-likeness (QED) is 0.138. The number of hydrogen-bond acceptors (Lipinski definition) is 2. The van der Waals surface area contributed by atoms with Gasteiger partial charge in [0.25, 0.3) is 0 Å². The molecule has 316 valence electrons. The van der Waals surface area contributed by atoms with Gasteiger partial charge in [-0.2, -0.15) is 0 Å². The predicted molar refractivity (Wildman–Crippen MR) is 288 cm³/mol. The largest absolute Gasteiger partial charge is 0.375 e. The third-order valence-electron chi connectivity index (χ3n) is 14.8. The van der Waals surface area contributed by atoms with E-state index in [4.69, 9.17) is 0 Å². The van der Waals surface area contributed by atoms with Gasteiger partial charge in [-0.1, -0.05) is 165 Å². The topological polar surface area (TPSA) is 8.17 Å². The van der Waals surface area contributed by atoms with E-state index in [-0.39, 0.29) is 12.8 Å². The first-order valence-electron chi connectivity index (χ1n) is 23.9. The lowest BCUT2D eigenvalue weighted by atomic mass is 9.41. The fraction of sp³-hybridized carbons (Fsp3) is 0.0794. The molecule has 10 aromatic carbocycles. The van der Waals surface area contributed by atoms with Gasteiger partial charge < -0.3 is 9.38 Å². The Morgan fingerprint density at radius 3 is 2.00 bits per heavy atom. The molecule has 0 saturated carbocycles. The minimum absolute atomic E-state index is 0.0599. The van der Waals surface area contributed by atoms with E-state index in [1.54, 1.807) is 0 Å². The van der Waals surface area contributed by atoms with Crippen LogP contribution in [0.1, 0.15) is 47.9 Å². The van der Waals surface area contributed by atoms with Gasteiger partial charge in [0.05, 0.1) is 0 Å². The molecule has 4 heterocycles. The summed E-state index contributed by atoms with van der Waals surface area (Å²) in [4.78, 5) is 2.44. The van der Waals surface area contributed by atoms with E-state index >= 15 is 0 Å². The summed E-state index contributed by atoms with van der Waals surface area (Å²) in [6.07, 6.45) is 3.40. The maximum absolute atomic E-state index is 2.74. The number of nitrogens with zero attached hydrogens (tertiary/aromatic N) is 2. The molecule has 2 aliphatic heterocycles. The van der Waals surface area contributed by atoms with Crippen molar-refractivity contribution >= 4 is 98.9 Å². The molecular formula is C63H45BN2S. The molecule has 2 nitrogen and oxygen atoms in total. The number of aromatic nitrogens is 1. The Bertz CT molecular complexity index is 3890. The lowest BCUT2D eigenvalue weighted by Gasteiger charge is -2.40. The van der Waals surface area contributed by atoms with Crippen LogP contribution in [0, 0.1) is 0 Å². The maximum atomic E-state index is 2.74. The van der Waals surface area contributed by atoms with Crippen LogP contribution in [-0.4, -0.2) is 11.3 Å². The Labute approximate surface area is 395 Å². The van der Waals surface area contributed by atoms with E-state index in [2.05, 4.69) is 229 Å². The van der Waals surface area contributed by atoms with Crippen LogP contribution in [-0.2, 0) is 6.42 Å². The standard InChI is InChI=1S/C63H45BN2S/c1-2-3-18-40-31-33-47(51(35-40)41-19-7-4-8-20-41)59-54-38-46(65(44-23-9-5-10-24-44)45-25-11-6-12-26-45)32-34-55(54)64-62-53(39-58-60(61(59)62)50-27-15-16-30-57(50)67-58)49-29-17-28-48-52-36-42-21-13-14-22-43(42)37-56(52)66(64)63(48)49/h4-17,19-39,59H,2-3,18H2,1H3. The minimum Gasteiger partial charge on any atom is -0.375 e. The Morgan fingerprint density at radius 1 is 0.522 bits per heavy atom. The van der Waals surface area contributed by atoms with Gasteiger partial charge in [0.2, 0.25) is 0 Å². The van der Waals surface area contributed by atoms with Gasteiger partial charge >= 0.3 is 6.85 Å². The van der Waals surface area contributed by atoms with Crippen LogP contribution in [0.4, 0.5) is 17.1 Å². The third kappa shape index (κ3) is 5.82. The molecule has 14 rings (SSSR count). The summed E-state index contributed by atoms with van der Waals surface area (Å²) >= 11 is 1.94. The van der Waals surface area contributed by atoms with Crippen LogP contribution in [0.15, 0.2) is 212 Å². The van der Waals surface area contributed by atoms with E-state index in [9.17, 15) is 0 Å². The zero-order valence-corrected chi connectivity index (χ0v) is 38.1. The molecule has 0 bridgehead atoms. The highest BCUT2D eigenvalue weighted by Gasteiger charge is 2.45.